The lowest BCUT2D eigenvalue weighted by molar-refractivity contribution is -0.141. The van der Waals surface area contributed by atoms with Crippen molar-refractivity contribution in [2.45, 2.75) is 43.8 Å². The molecule has 218 valence electrons. The zero-order valence-electron chi connectivity index (χ0n) is 23.4. The second-order valence-corrected chi connectivity index (χ2v) is 12.0. The average molecular weight is 594 g/mol. The fraction of sp³-hybridized carbons (Fsp3) is 0.235. The van der Waals surface area contributed by atoms with Crippen molar-refractivity contribution < 1.29 is 24.3 Å². The highest BCUT2D eigenvalue weighted by molar-refractivity contribution is 7.15. The number of carboxylic acids is 1. The van der Waals surface area contributed by atoms with Gasteiger partial charge >= 0.3 is 5.97 Å². The third-order valence-electron chi connectivity index (χ3n) is 8.06. The minimum atomic E-state index is -1.17. The van der Waals surface area contributed by atoms with Gasteiger partial charge in [0.05, 0.1) is 6.04 Å². The van der Waals surface area contributed by atoms with Crippen LogP contribution in [0.5, 0.6) is 0 Å². The quantitative estimate of drug-likeness (QED) is 0.262. The van der Waals surface area contributed by atoms with Crippen molar-refractivity contribution in [2.75, 3.05) is 6.54 Å². The highest BCUT2D eigenvalue weighted by Gasteiger charge is 2.46. The standard InChI is InChI=1S/C34H31N3O5S/c38-31-15-14-27-25-18-29(24-13-7-12-23(17-24)22-10-5-2-6-11-22)43-30(25)19-28(37(27)31)34(42)36-26(33(41)35-20-32(39)40)16-21-8-3-1-4-9-21/h1-13,17-18,26-28H,14-16,19-20H2,(H,35,41)(H,36,42)(H,39,40)/t26-,27+,28-/m0/s1. The Hall–Kier alpha value is -4.76. The van der Waals surface area contributed by atoms with Crippen LogP contribution in [0.15, 0.2) is 91.0 Å². The first kappa shape index (κ1) is 28.4. The molecule has 3 amide bonds. The fourth-order valence-electron chi connectivity index (χ4n) is 6.01. The molecule has 43 heavy (non-hydrogen) atoms. The van der Waals surface area contributed by atoms with Crippen LogP contribution in [0.3, 0.4) is 0 Å². The van der Waals surface area contributed by atoms with Crippen molar-refractivity contribution in [2.24, 2.45) is 0 Å². The van der Waals surface area contributed by atoms with Crippen molar-refractivity contribution in [1.82, 2.24) is 15.5 Å². The number of rotatable bonds is 9. The van der Waals surface area contributed by atoms with Gasteiger partial charge in [-0.1, -0.05) is 78.9 Å². The van der Waals surface area contributed by atoms with E-state index < -0.39 is 36.4 Å². The molecule has 3 N–H and O–H groups in total. The Morgan fingerprint density at radius 3 is 2.35 bits per heavy atom. The summed E-state index contributed by atoms with van der Waals surface area (Å²) in [5, 5.41) is 14.3. The molecule has 0 spiro atoms. The average Bonchev–Trinajstić information content (AvgIpc) is 3.64. The topological polar surface area (TPSA) is 116 Å². The molecule has 9 heteroatoms. The SMILES string of the molecule is O=C(O)CNC(=O)[C@H](Cc1ccccc1)NC(=O)[C@@H]1Cc2sc(-c3cccc(-c4ccccc4)c3)cc2[C@H]2CCC(=O)N21. The number of fused-ring (bicyclic) bond motifs is 3. The molecule has 1 aromatic heterocycles. The van der Waals surface area contributed by atoms with Crippen molar-refractivity contribution >= 4 is 35.0 Å². The lowest BCUT2D eigenvalue weighted by atomic mass is 9.93. The van der Waals surface area contributed by atoms with Crippen molar-refractivity contribution in [3.05, 3.63) is 107 Å². The van der Waals surface area contributed by atoms with Gasteiger partial charge in [0.15, 0.2) is 0 Å². The van der Waals surface area contributed by atoms with E-state index in [0.717, 1.165) is 37.6 Å². The van der Waals surface area contributed by atoms with E-state index in [1.807, 2.05) is 54.6 Å². The number of carboxylic acid groups (broad SMARTS) is 1. The first-order chi connectivity index (χ1) is 20.9. The lowest BCUT2D eigenvalue weighted by Crippen LogP contribution is -2.57. The Kier molecular flexibility index (Phi) is 8.07. The molecule has 6 rings (SSSR count). The van der Waals surface area contributed by atoms with Gasteiger partial charge in [-0.3, -0.25) is 19.2 Å². The number of thiophene rings is 1. The number of nitrogens with zero attached hydrogens (tertiary/aromatic N) is 1. The largest absolute Gasteiger partial charge is 0.480 e. The van der Waals surface area contributed by atoms with Gasteiger partial charge in [0.1, 0.15) is 18.6 Å². The Morgan fingerprint density at radius 1 is 0.907 bits per heavy atom. The zero-order valence-corrected chi connectivity index (χ0v) is 24.2. The summed E-state index contributed by atoms with van der Waals surface area (Å²) in [5.74, 6) is -2.26. The van der Waals surface area contributed by atoms with Crippen LogP contribution in [0, 0.1) is 0 Å². The molecule has 3 heterocycles. The Bertz CT molecular complexity index is 1670. The monoisotopic (exact) mass is 593 g/mol. The maximum absolute atomic E-state index is 13.8. The van der Waals surface area contributed by atoms with Crippen molar-refractivity contribution in [1.29, 1.82) is 0 Å². The molecule has 2 aliphatic heterocycles. The van der Waals surface area contributed by atoms with Crippen molar-refractivity contribution in [3.8, 4) is 21.6 Å². The molecule has 0 aliphatic carbocycles. The molecule has 8 nitrogen and oxygen atoms in total. The summed E-state index contributed by atoms with van der Waals surface area (Å²) in [4.78, 5) is 54.8. The Labute approximate surface area is 253 Å². The van der Waals surface area contributed by atoms with E-state index in [2.05, 4.69) is 47.0 Å². The number of carbonyl (C=O) groups is 4. The van der Waals surface area contributed by atoms with Crippen LogP contribution >= 0.6 is 11.3 Å². The number of hydrogen-bond donors (Lipinski definition) is 3. The highest BCUT2D eigenvalue weighted by atomic mass is 32.1. The van der Waals surface area contributed by atoms with E-state index in [9.17, 15) is 19.2 Å². The van der Waals surface area contributed by atoms with E-state index in [0.29, 0.717) is 19.3 Å². The first-order valence-electron chi connectivity index (χ1n) is 14.3. The third kappa shape index (κ3) is 6.08. The Morgan fingerprint density at radius 2 is 1.60 bits per heavy atom. The van der Waals surface area contributed by atoms with E-state index in [1.54, 1.807) is 16.2 Å². The summed E-state index contributed by atoms with van der Waals surface area (Å²) < 4.78 is 0. The van der Waals surface area contributed by atoms with E-state index >= 15 is 0 Å². The van der Waals surface area contributed by atoms with E-state index in [4.69, 9.17) is 5.11 Å². The summed E-state index contributed by atoms with van der Waals surface area (Å²) in [6, 6.07) is 28.0. The predicted molar refractivity (Wildman–Crippen MR) is 164 cm³/mol. The summed E-state index contributed by atoms with van der Waals surface area (Å²) >= 11 is 1.64. The summed E-state index contributed by atoms with van der Waals surface area (Å²) in [7, 11) is 0. The lowest BCUT2D eigenvalue weighted by Gasteiger charge is -2.37. The molecule has 1 saturated heterocycles. The van der Waals surface area contributed by atoms with Crippen LogP contribution in [0.4, 0.5) is 0 Å². The Balaban J connectivity index is 1.27. The van der Waals surface area contributed by atoms with Gasteiger partial charge in [0.2, 0.25) is 17.7 Å². The van der Waals surface area contributed by atoms with Crippen LogP contribution in [-0.4, -0.2) is 52.3 Å². The number of carbonyl (C=O) groups excluding carboxylic acids is 3. The molecule has 3 aromatic carbocycles. The molecular formula is C34H31N3O5S. The third-order valence-corrected chi connectivity index (χ3v) is 9.28. The normalized spacial score (nSPS) is 18.0. The number of aliphatic carboxylic acids is 1. The number of amides is 3. The molecule has 4 aromatic rings. The summed E-state index contributed by atoms with van der Waals surface area (Å²) in [6.07, 6.45) is 1.52. The molecule has 1 fully saturated rings. The first-order valence-corrected chi connectivity index (χ1v) is 15.1. The minimum Gasteiger partial charge on any atom is -0.480 e. The molecule has 0 unspecified atom stereocenters. The minimum absolute atomic E-state index is 0.0791. The summed E-state index contributed by atoms with van der Waals surface area (Å²) in [5.41, 5.74) is 5.23. The maximum Gasteiger partial charge on any atom is 0.322 e. The predicted octanol–water partition coefficient (Wildman–Crippen LogP) is 4.60. The molecule has 2 aliphatic rings. The van der Waals surface area contributed by atoms with Gasteiger partial charge < -0.3 is 20.6 Å². The second kappa shape index (κ2) is 12.2. The van der Waals surface area contributed by atoms with Crippen LogP contribution in [0.1, 0.15) is 34.9 Å². The number of benzene rings is 3. The van der Waals surface area contributed by atoms with Crippen LogP contribution < -0.4 is 10.6 Å². The van der Waals surface area contributed by atoms with Gasteiger partial charge in [0.25, 0.3) is 0 Å². The molecule has 0 bridgehead atoms. The second-order valence-electron chi connectivity index (χ2n) is 10.9. The molecule has 0 radical (unpaired) electrons. The van der Waals surface area contributed by atoms with Gasteiger partial charge in [-0.15, -0.1) is 11.3 Å². The molecule has 3 atom stereocenters. The number of hydrogen-bond acceptors (Lipinski definition) is 5. The van der Waals surface area contributed by atoms with Crippen molar-refractivity contribution in [3.63, 3.8) is 0 Å². The number of nitrogens with one attached hydrogen (secondary N) is 2. The maximum atomic E-state index is 13.8. The zero-order chi connectivity index (χ0) is 29.9. The van der Waals surface area contributed by atoms with Crippen LogP contribution in [0.2, 0.25) is 0 Å². The molecular weight excluding hydrogens is 562 g/mol. The van der Waals surface area contributed by atoms with Gasteiger partial charge in [-0.25, -0.2) is 0 Å². The van der Waals surface area contributed by atoms with Gasteiger partial charge in [-0.05, 0) is 46.4 Å². The van der Waals surface area contributed by atoms with E-state index in [-0.39, 0.29) is 18.4 Å². The smallest absolute Gasteiger partial charge is 0.322 e. The molecule has 0 saturated carbocycles. The van der Waals surface area contributed by atoms with Crippen LogP contribution in [0.25, 0.3) is 21.6 Å². The van der Waals surface area contributed by atoms with Gasteiger partial charge in [-0.2, -0.15) is 0 Å². The van der Waals surface area contributed by atoms with Crippen LogP contribution in [-0.2, 0) is 32.0 Å². The summed E-state index contributed by atoms with van der Waals surface area (Å²) in [6.45, 7) is -0.553. The van der Waals surface area contributed by atoms with E-state index in [1.165, 1.54) is 0 Å². The van der Waals surface area contributed by atoms with Gasteiger partial charge in [0, 0.05) is 29.0 Å². The fourth-order valence-corrected chi connectivity index (χ4v) is 7.26. The highest BCUT2D eigenvalue weighted by Crippen LogP contribution is 2.46.